The van der Waals surface area contributed by atoms with Crippen molar-refractivity contribution in [1.29, 1.82) is 0 Å². The Hall–Kier alpha value is -2.76. The van der Waals surface area contributed by atoms with E-state index in [0.717, 1.165) is 5.56 Å². The number of fused-ring (bicyclic) bond motifs is 1. The van der Waals surface area contributed by atoms with Crippen molar-refractivity contribution in [1.82, 2.24) is 4.98 Å². The van der Waals surface area contributed by atoms with Crippen molar-refractivity contribution < 1.29 is 8.83 Å². The van der Waals surface area contributed by atoms with Gasteiger partial charge >= 0.3 is 0 Å². The van der Waals surface area contributed by atoms with Crippen LogP contribution in [0.25, 0.3) is 33.9 Å². The molecule has 0 saturated carbocycles. The predicted molar refractivity (Wildman–Crippen MR) is 131 cm³/mol. The van der Waals surface area contributed by atoms with Crippen LogP contribution in [0.3, 0.4) is 0 Å². The van der Waals surface area contributed by atoms with Crippen LogP contribution in [0.2, 0.25) is 20.1 Å². The smallest absolute Gasteiger partial charge is 0.228 e. The van der Waals surface area contributed by atoms with Gasteiger partial charge in [-0.1, -0.05) is 52.5 Å². The summed E-state index contributed by atoms with van der Waals surface area (Å²) in [5, 5.41) is 1.93. The van der Waals surface area contributed by atoms with Gasteiger partial charge in [-0.15, -0.1) is 0 Å². The minimum absolute atomic E-state index is 0.414. The number of nitrogens with zero attached hydrogens (tertiary/aromatic N) is 2. The van der Waals surface area contributed by atoms with E-state index in [1.54, 1.807) is 30.5 Å². The van der Waals surface area contributed by atoms with Crippen molar-refractivity contribution in [3.8, 4) is 22.8 Å². The van der Waals surface area contributed by atoms with Gasteiger partial charge in [-0.3, -0.25) is 4.99 Å². The molecular formula is C24H12Cl4N2O2. The van der Waals surface area contributed by atoms with E-state index in [0.29, 0.717) is 59.9 Å². The van der Waals surface area contributed by atoms with Crippen molar-refractivity contribution in [2.45, 2.75) is 0 Å². The number of hydrogen-bond donors (Lipinski definition) is 0. The first-order valence-corrected chi connectivity index (χ1v) is 10.9. The summed E-state index contributed by atoms with van der Waals surface area (Å²) in [7, 11) is 0. The van der Waals surface area contributed by atoms with Crippen molar-refractivity contribution >= 4 is 69.4 Å². The molecule has 32 heavy (non-hydrogen) atoms. The molecular weight excluding hydrogens is 490 g/mol. The quantitative estimate of drug-likeness (QED) is 0.230. The van der Waals surface area contributed by atoms with Gasteiger partial charge in [0.1, 0.15) is 17.0 Å². The molecule has 0 N–H and O–H groups in total. The van der Waals surface area contributed by atoms with Crippen molar-refractivity contribution in [2.24, 2.45) is 4.99 Å². The zero-order valence-corrected chi connectivity index (χ0v) is 19.2. The topological polar surface area (TPSA) is 51.5 Å². The van der Waals surface area contributed by atoms with Crippen LogP contribution in [0, 0.1) is 0 Å². The van der Waals surface area contributed by atoms with Gasteiger partial charge in [-0.2, -0.15) is 0 Å². The molecule has 0 fully saturated rings. The number of hydrogen-bond acceptors (Lipinski definition) is 4. The molecule has 0 saturated heterocycles. The summed E-state index contributed by atoms with van der Waals surface area (Å²) in [5.41, 5.74) is 3.36. The molecule has 0 unspecified atom stereocenters. The lowest BCUT2D eigenvalue weighted by Crippen LogP contribution is -1.79. The molecule has 0 amide bonds. The Kier molecular flexibility index (Phi) is 5.70. The molecule has 3 aromatic carbocycles. The highest BCUT2D eigenvalue weighted by molar-refractivity contribution is 6.43. The third-order valence-electron chi connectivity index (χ3n) is 4.72. The van der Waals surface area contributed by atoms with Crippen molar-refractivity contribution in [3.63, 3.8) is 0 Å². The molecule has 2 heterocycles. The van der Waals surface area contributed by atoms with Crippen molar-refractivity contribution in [2.75, 3.05) is 0 Å². The normalized spacial score (nSPS) is 11.6. The summed E-state index contributed by atoms with van der Waals surface area (Å²) in [4.78, 5) is 9.01. The van der Waals surface area contributed by atoms with Gasteiger partial charge in [0.15, 0.2) is 5.58 Å². The molecule has 0 aliphatic rings. The van der Waals surface area contributed by atoms with Gasteiger partial charge < -0.3 is 8.83 Å². The van der Waals surface area contributed by atoms with Gasteiger partial charge in [-0.05, 0) is 60.7 Å². The molecule has 158 valence electrons. The fourth-order valence-corrected chi connectivity index (χ4v) is 4.06. The number of oxazole rings is 1. The van der Waals surface area contributed by atoms with E-state index in [4.69, 9.17) is 55.2 Å². The largest absolute Gasteiger partial charge is 0.455 e. The van der Waals surface area contributed by atoms with Gasteiger partial charge in [0.2, 0.25) is 5.89 Å². The number of benzene rings is 3. The second-order valence-electron chi connectivity index (χ2n) is 6.86. The average Bonchev–Trinajstić information content (AvgIpc) is 3.41. The summed E-state index contributed by atoms with van der Waals surface area (Å²) in [5.74, 6) is 1.59. The lowest BCUT2D eigenvalue weighted by atomic mass is 10.2. The number of rotatable bonds is 4. The summed E-state index contributed by atoms with van der Waals surface area (Å²) in [6, 6.07) is 19.6. The van der Waals surface area contributed by atoms with Gasteiger partial charge in [0, 0.05) is 10.6 Å². The fraction of sp³-hybridized carbons (Fsp3) is 0. The minimum Gasteiger partial charge on any atom is -0.455 e. The average molecular weight is 502 g/mol. The van der Waals surface area contributed by atoms with Gasteiger partial charge in [-0.25, -0.2) is 4.98 Å². The highest BCUT2D eigenvalue weighted by Gasteiger charge is 2.13. The van der Waals surface area contributed by atoms with E-state index in [1.807, 2.05) is 42.5 Å². The van der Waals surface area contributed by atoms with E-state index in [1.165, 1.54) is 0 Å². The summed E-state index contributed by atoms with van der Waals surface area (Å²) in [6.07, 6.45) is 1.63. The first-order chi connectivity index (χ1) is 15.5. The number of aromatic nitrogens is 1. The van der Waals surface area contributed by atoms with Gasteiger partial charge in [0.05, 0.1) is 32.5 Å². The Morgan fingerprint density at radius 2 is 1.66 bits per heavy atom. The second-order valence-corrected chi connectivity index (χ2v) is 8.49. The van der Waals surface area contributed by atoms with Crippen LogP contribution < -0.4 is 0 Å². The third-order valence-corrected chi connectivity index (χ3v) is 6.08. The van der Waals surface area contributed by atoms with E-state index in [9.17, 15) is 0 Å². The number of halogens is 4. The van der Waals surface area contributed by atoms with Crippen LogP contribution in [0.5, 0.6) is 0 Å². The van der Waals surface area contributed by atoms with Crippen LogP contribution in [0.1, 0.15) is 5.76 Å². The Morgan fingerprint density at radius 3 is 2.50 bits per heavy atom. The highest BCUT2D eigenvalue weighted by Crippen LogP contribution is 2.35. The molecule has 0 aliphatic carbocycles. The minimum atomic E-state index is 0.414. The van der Waals surface area contributed by atoms with Crippen LogP contribution in [-0.4, -0.2) is 11.2 Å². The summed E-state index contributed by atoms with van der Waals surface area (Å²) >= 11 is 24.6. The molecule has 5 aromatic rings. The standard InChI is InChI=1S/C24H12Cl4N2O2/c25-13-4-7-16(19(27)10-13)24-30-20-11-14(5-8-22(20)32-24)29-12-15-6-9-21(31-15)17-2-1-3-18(26)23(17)28/h1-12H. The first-order valence-electron chi connectivity index (χ1n) is 9.42. The maximum atomic E-state index is 6.27. The number of furan rings is 1. The zero-order chi connectivity index (χ0) is 22.2. The molecule has 0 spiro atoms. The molecule has 0 atom stereocenters. The Bertz CT molecular complexity index is 1490. The predicted octanol–water partition coefficient (Wildman–Crippen LogP) is 9.12. The third kappa shape index (κ3) is 4.15. The lowest BCUT2D eigenvalue weighted by Gasteiger charge is -2.01. The molecule has 2 aromatic heterocycles. The molecule has 5 rings (SSSR count). The summed E-state index contributed by atoms with van der Waals surface area (Å²) < 4.78 is 11.7. The van der Waals surface area contributed by atoms with Crippen LogP contribution in [0.4, 0.5) is 5.69 Å². The molecule has 0 aliphatic heterocycles. The second kappa shape index (κ2) is 8.64. The van der Waals surface area contributed by atoms with E-state index in [2.05, 4.69) is 9.98 Å². The van der Waals surface area contributed by atoms with Crippen LogP contribution in [0.15, 0.2) is 80.6 Å². The summed E-state index contributed by atoms with van der Waals surface area (Å²) in [6.45, 7) is 0. The van der Waals surface area contributed by atoms with Gasteiger partial charge in [0.25, 0.3) is 0 Å². The highest BCUT2D eigenvalue weighted by atomic mass is 35.5. The maximum absolute atomic E-state index is 6.27. The van der Waals surface area contributed by atoms with E-state index < -0.39 is 0 Å². The van der Waals surface area contributed by atoms with E-state index in [-0.39, 0.29) is 0 Å². The molecule has 0 radical (unpaired) electrons. The zero-order valence-electron chi connectivity index (χ0n) is 16.2. The first kappa shape index (κ1) is 21.1. The molecule has 4 nitrogen and oxygen atoms in total. The molecule has 0 bridgehead atoms. The van der Waals surface area contributed by atoms with Crippen LogP contribution in [-0.2, 0) is 0 Å². The van der Waals surface area contributed by atoms with Crippen LogP contribution >= 0.6 is 46.4 Å². The molecule has 8 heteroatoms. The Labute approximate surface area is 203 Å². The Morgan fingerprint density at radius 1 is 0.781 bits per heavy atom. The maximum Gasteiger partial charge on any atom is 0.228 e. The Balaban J connectivity index is 1.41. The number of aliphatic imine (C=N–C) groups is 1. The SMILES string of the molecule is Clc1ccc(-c2nc3cc(N=Cc4ccc(-c5cccc(Cl)c5Cl)o4)ccc3o2)c(Cl)c1. The van der Waals surface area contributed by atoms with Crippen molar-refractivity contribution in [3.05, 3.63) is 92.6 Å². The fourth-order valence-electron chi connectivity index (χ4n) is 3.17. The van der Waals surface area contributed by atoms with E-state index >= 15 is 0 Å². The monoisotopic (exact) mass is 500 g/mol. The lowest BCUT2D eigenvalue weighted by molar-refractivity contribution is 0.575.